The Kier molecular flexibility index (Phi) is 6.19. The van der Waals surface area contributed by atoms with E-state index in [1.807, 2.05) is 73.7 Å². The molecule has 1 heterocycles. The number of carbonyl (C=O) groups excluding carboxylic acids is 1. The van der Waals surface area contributed by atoms with E-state index in [0.29, 0.717) is 22.9 Å². The topological polar surface area (TPSA) is 51.2 Å². The fourth-order valence-corrected chi connectivity index (χ4v) is 3.74. The molecule has 31 heavy (non-hydrogen) atoms. The number of rotatable bonds is 6. The van der Waals surface area contributed by atoms with Crippen LogP contribution in [-0.2, 0) is 6.42 Å². The van der Waals surface area contributed by atoms with Crippen molar-refractivity contribution in [3.63, 3.8) is 0 Å². The highest BCUT2D eigenvalue weighted by molar-refractivity contribution is 6.30. The standard InChI is InChI=1S/C26H23ClN2O2/c1-3-17-8-5-6-11-22(17)29-26(30)19-12-13-23-21(15-19)25(31-4-2)16-24(28-23)18-9-7-10-20(27)14-18/h5-16H,3-4H2,1-2H3,(H,29,30). The first kappa shape index (κ1) is 20.9. The summed E-state index contributed by atoms with van der Waals surface area (Å²) in [5, 5.41) is 4.47. The van der Waals surface area contributed by atoms with Crippen LogP contribution in [-0.4, -0.2) is 17.5 Å². The number of pyridine rings is 1. The van der Waals surface area contributed by atoms with Gasteiger partial charge in [-0.2, -0.15) is 0 Å². The SMILES string of the molecule is CCOc1cc(-c2cccc(Cl)c2)nc2ccc(C(=O)Nc3ccccc3CC)cc12. The van der Waals surface area contributed by atoms with Gasteiger partial charge in [0.2, 0.25) is 0 Å². The highest BCUT2D eigenvalue weighted by Gasteiger charge is 2.14. The first-order chi connectivity index (χ1) is 15.1. The Bertz CT molecular complexity index is 1250. The number of anilines is 1. The Morgan fingerprint density at radius 3 is 2.61 bits per heavy atom. The second kappa shape index (κ2) is 9.19. The molecule has 156 valence electrons. The summed E-state index contributed by atoms with van der Waals surface area (Å²) in [5.41, 5.74) is 4.91. The lowest BCUT2D eigenvalue weighted by atomic mass is 10.1. The van der Waals surface area contributed by atoms with Crippen LogP contribution in [0, 0.1) is 0 Å². The number of carbonyl (C=O) groups is 1. The van der Waals surface area contributed by atoms with Crippen molar-refractivity contribution < 1.29 is 9.53 Å². The maximum atomic E-state index is 12.9. The van der Waals surface area contributed by atoms with Gasteiger partial charge in [-0.25, -0.2) is 4.98 Å². The van der Waals surface area contributed by atoms with Crippen molar-refractivity contribution in [2.45, 2.75) is 20.3 Å². The largest absolute Gasteiger partial charge is 0.493 e. The summed E-state index contributed by atoms with van der Waals surface area (Å²) in [6.07, 6.45) is 0.846. The van der Waals surface area contributed by atoms with Gasteiger partial charge in [0.15, 0.2) is 0 Å². The van der Waals surface area contributed by atoms with Gasteiger partial charge in [0, 0.05) is 33.3 Å². The van der Waals surface area contributed by atoms with Gasteiger partial charge in [-0.3, -0.25) is 4.79 Å². The van der Waals surface area contributed by atoms with Crippen LogP contribution in [0.2, 0.25) is 5.02 Å². The highest BCUT2D eigenvalue weighted by Crippen LogP contribution is 2.32. The van der Waals surface area contributed by atoms with Crippen molar-refractivity contribution in [3.05, 3.63) is 88.9 Å². The number of hydrogen-bond donors (Lipinski definition) is 1. The van der Waals surface area contributed by atoms with Crippen molar-refractivity contribution in [2.24, 2.45) is 0 Å². The Labute approximate surface area is 186 Å². The number of fused-ring (bicyclic) bond motifs is 1. The second-order valence-corrected chi connectivity index (χ2v) is 7.58. The third-order valence-corrected chi connectivity index (χ3v) is 5.33. The lowest BCUT2D eigenvalue weighted by molar-refractivity contribution is 0.102. The minimum Gasteiger partial charge on any atom is -0.493 e. The summed E-state index contributed by atoms with van der Waals surface area (Å²) in [6.45, 7) is 4.51. The zero-order valence-corrected chi connectivity index (χ0v) is 18.2. The third-order valence-electron chi connectivity index (χ3n) is 5.10. The molecule has 1 N–H and O–H groups in total. The van der Waals surface area contributed by atoms with Crippen LogP contribution in [0.5, 0.6) is 5.75 Å². The van der Waals surface area contributed by atoms with Crippen molar-refractivity contribution >= 4 is 34.1 Å². The van der Waals surface area contributed by atoms with E-state index in [2.05, 4.69) is 12.2 Å². The zero-order valence-electron chi connectivity index (χ0n) is 17.5. The van der Waals surface area contributed by atoms with Gasteiger partial charge in [0.1, 0.15) is 5.75 Å². The van der Waals surface area contributed by atoms with E-state index in [4.69, 9.17) is 21.3 Å². The predicted octanol–water partition coefficient (Wildman–Crippen LogP) is 6.77. The number of hydrogen-bond acceptors (Lipinski definition) is 3. The van der Waals surface area contributed by atoms with Crippen LogP contribution < -0.4 is 10.1 Å². The average Bonchev–Trinajstić information content (AvgIpc) is 2.79. The third kappa shape index (κ3) is 4.54. The fourth-order valence-electron chi connectivity index (χ4n) is 3.55. The molecule has 4 nitrogen and oxygen atoms in total. The lowest BCUT2D eigenvalue weighted by Gasteiger charge is -2.13. The second-order valence-electron chi connectivity index (χ2n) is 7.15. The van der Waals surface area contributed by atoms with Gasteiger partial charge < -0.3 is 10.1 Å². The number of benzene rings is 3. The Morgan fingerprint density at radius 1 is 1.00 bits per heavy atom. The number of ether oxygens (including phenoxy) is 1. The minimum atomic E-state index is -0.163. The molecule has 4 rings (SSSR count). The number of aromatic nitrogens is 1. The normalized spacial score (nSPS) is 10.8. The van der Waals surface area contributed by atoms with Crippen molar-refractivity contribution in [1.82, 2.24) is 4.98 Å². The highest BCUT2D eigenvalue weighted by atomic mass is 35.5. The number of amides is 1. The van der Waals surface area contributed by atoms with Crippen LogP contribution in [0.1, 0.15) is 29.8 Å². The predicted molar refractivity (Wildman–Crippen MR) is 127 cm³/mol. The molecule has 3 aromatic carbocycles. The van der Waals surface area contributed by atoms with E-state index in [9.17, 15) is 4.79 Å². The van der Waals surface area contributed by atoms with Gasteiger partial charge in [-0.15, -0.1) is 0 Å². The number of nitrogens with one attached hydrogen (secondary N) is 1. The summed E-state index contributed by atoms with van der Waals surface area (Å²) in [6, 6.07) is 22.8. The summed E-state index contributed by atoms with van der Waals surface area (Å²) in [4.78, 5) is 17.7. The maximum Gasteiger partial charge on any atom is 0.255 e. The van der Waals surface area contributed by atoms with E-state index in [0.717, 1.165) is 39.8 Å². The van der Waals surface area contributed by atoms with Crippen LogP contribution in [0.3, 0.4) is 0 Å². The molecule has 0 atom stereocenters. The Morgan fingerprint density at radius 2 is 1.84 bits per heavy atom. The molecule has 0 saturated heterocycles. The molecule has 5 heteroatoms. The van der Waals surface area contributed by atoms with Crippen molar-refractivity contribution in [3.8, 4) is 17.0 Å². The quantitative estimate of drug-likeness (QED) is 0.367. The summed E-state index contributed by atoms with van der Waals surface area (Å²) in [5.74, 6) is 0.523. The molecule has 4 aromatic rings. The van der Waals surface area contributed by atoms with Gasteiger partial charge in [-0.05, 0) is 55.3 Å². The maximum absolute atomic E-state index is 12.9. The zero-order chi connectivity index (χ0) is 21.8. The molecule has 0 radical (unpaired) electrons. The molecule has 0 bridgehead atoms. The van der Waals surface area contributed by atoms with Crippen molar-refractivity contribution in [1.29, 1.82) is 0 Å². The molecule has 0 spiro atoms. The summed E-state index contributed by atoms with van der Waals surface area (Å²) in [7, 11) is 0. The van der Waals surface area contributed by atoms with E-state index in [-0.39, 0.29) is 5.91 Å². The summed E-state index contributed by atoms with van der Waals surface area (Å²) < 4.78 is 5.90. The smallest absolute Gasteiger partial charge is 0.255 e. The molecule has 0 aliphatic carbocycles. The Hall–Kier alpha value is -3.37. The number of halogens is 1. The molecule has 1 aromatic heterocycles. The van der Waals surface area contributed by atoms with E-state index >= 15 is 0 Å². The Balaban J connectivity index is 1.73. The van der Waals surface area contributed by atoms with Gasteiger partial charge in [0.25, 0.3) is 5.91 Å². The molecular weight excluding hydrogens is 408 g/mol. The van der Waals surface area contributed by atoms with Crippen LogP contribution in [0.25, 0.3) is 22.2 Å². The van der Waals surface area contributed by atoms with E-state index in [1.54, 1.807) is 6.07 Å². The van der Waals surface area contributed by atoms with E-state index < -0.39 is 0 Å². The van der Waals surface area contributed by atoms with Gasteiger partial charge >= 0.3 is 0 Å². The van der Waals surface area contributed by atoms with E-state index in [1.165, 1.54) is 0 Å². The number of aryl methyl sites for hydroxylation is 1. The van der Waals surface area contributed by atoms with Crippen LogP contribution in [0.15, 0.2) is 72.8 Å². The average molecular weight is 431 g/mol. The molecule has 0 aliphatic rings. The molecule has 0 saturated carbocycles. The van der Waals surface area contributed by atoms with Crippen molar-refractivity contribution in [2.75, 3.05) is 11.9 Å². The minimum absolute atomic E-state index is 0.163. The first-order valence-electron chi connectivity index (χ1n) is 10.3. The first-order valence-corrected chi connectivity index (χ1v) is 10.7. The summed E-state index contributed by atoms with van der Waals surface area (Å²) >= 11 is 6.15. The number of nitrogens with zero attached hydrogens (tertiary/aromatic N) is 1. The molecule has 1 amide bonds. The van der Waals surface area contributed by atoms with Gasteiger partial charge in [-0.1, -0.05) is 48.9 Å². The molecular formula is C26H23ClN2O2. The number of para-hydroxylation sites is 1. The van der Waals surface area contributed by atoms with Crippen LogP contribution >= 0.6 is 11.6 Å². The fraction of sp³-hybridized carbons (Fsp3) is 0.154. The van der Waals surface area contributed by atoms with Gasteiger partial charge in [0.05, 0.1) is 17.8 Å². The lowest BCUT2D eigenvalue weighted by Crippen LogP contribution is -2.13. The molecule has 0 aliphatic heterocycles. The van der Waals surface area contributed by atoms with Crippen LogP contribution in [0.4, 0.5) is 5.69 Å². The molecule has 0 unspecified atom stereocenters. The molecule has 0 fully saturated rings. The monoisotopic (exact) mass is 430 g/mol.